The molecule has 5 heteroatoms. The zero-order chi connectivity index (χ0) is 21.2. The van der Waals surface area contributed by atoms with Gasteiger partial charge in [0.05, 0.1) is 0 Å². The lowest BCUT2D eigenvalue weighted by Crippen LogP contribution is -2.45. The molecule has 1 fully saturated rings. The van der Waals surface area contributed by atoms with Crippen LogP contribution in [0.15, 0.2) is 48.7 Å². The first kappa shape index (κ1) is 21.0. The van der Waals surface area contributed by atoms with Gasteiger partial charge in [-0.25, -0.2) is 4.79 Å². The molecule has 0 N–H and O–H groups in total. The van der Waals surface area contributed by atoms with Gasteiger partial charge in [0.15, 0.2) is 0 Å². The van der Waals surface area contributed by atoms with Crippen LogP contribution in [0.4, 0.5) is 0 Å². The van der Waals surface area contributed by atoms with Crippen molar-refractivity contribution >= 4 is 11.9 Å². The van der Waals surface area contributed by atoms with E-state index >= 15 is 0 Å². The van der Waals surface area contributed by atoms with Crippen LogP contribution < -0.4 is 0 Å². The fraction of sp³-hybridized carbons (Fsp3) is 0.458. The SMILES string of the molecule is C[C@@H]1C[C@H](C(=O)OCc2ccccc2)N(C(=O)c2ccnc(C(C)(C)C)c2)[C@@H]1C. The molecular weight excluding hydrogens is 364 g/mol. The highest BCUT2D eigenvalue weighted by Gasteiger charge is 2.44. The normalized spacial score (nSPS) is 21.8. The van der Waals surface area contributed by atoms with E-state index in [0.717, 1.165) is 11.3 Å². The maximum atomic E-state index is 13.4. The molecule has 2 aromatic rings. The summed E-state index contributed by atoms with van der Waals surface area (Å²) in [4.78, 5) is 32.3. The Morgan fingerprint density at radius 3 is 2.48 bits per heavy atom. The lowest BCUT2D eigenvalue weighted by atomic mass is 9.90. The first-order valence-electron chi connectivity index (χ1n) is 10.2. The smallest absolute Gasteiger partial charge is 0.329 e. The van der Waals surface area contributed by atoms with Gasteiger partial charge in [0, 0.05) is 28.9 Å². The Bertz CT molecular complexity index is 873. The number of hydrogen-bond donors (Lipinski definition) is 0. The van der Waals surface area contributed by atoms with E-state index in [2.05, 4.69) is 32.7 Å². The van der Waals surface area contributed by atoms with Crippen molar-refractivity contribution in [3.8, 4) is 0 Å². The molecular formula is C24H30N2O3. The Labute approximate surface area is 173 Å². The average Bonchev–Trinajstić information content (AvgIpc) is 3.00. The minimum atomic E-state index is -0.567. The van der Waals surface area contributed by atoms with Crippen molar-refractivity contribution in [2.24, 2.45) is 5.92 Å². The summed E-state index contributed by atoms with van der Waals surface area (Å²) in [7, 11) is 0. The van der Waals surface area contributed by atoms with Crippen molar-refractivity contribution in [2.75, 3.05) is 0 Å². The Morgan fingerprint density at radius 1 is 1.14 bits per heavy atom. The summed E-state index contributed by atoms with van der Waals surface area (Å²) in [6.07, 6.45) is 2.28. The van der Waals surface area contributed by atoms with Crippen molar-refractivity contribution in [3.63, 3.8) is 0 Å². The Hall–Kier alpha value is -2.69. The molecule has 1 aliphatic heterocycles. The quantitative estimate of drug-likeness (QED) is 0.723. The monoisotopic (exact) mass is 394 g/mol. The lowest BCUT2D eigenvalue weighted by molar-refractivity contribution is -0.149. The summed E-state index contributed by atoms with van der Waals surface area (Å²) < 4.78 is 5.56. The van der Waals surface area contributed by atoms with E-state index < -0.39 is 6.04 Å². The molecule has 0 bridgehead atoms. The summed E-state index contributed by atoms with van der Waals surface area (Å²) in [6.45, 7) is 10.5. The molecule has 0 saturated carbocycles. The number of likely N-dealkylation sites (tertiary alicyclic amines) is 1. The van der Waals surface area contributed by atoms with Crippen molar-refractivity contribution < 1.29 is 14.3 Å². The first-order valence-corrected chi connectivity index (χ1v) is 10.2. The molecule has 29 heavy (non-hydrogen) atoms. The number of pyridine rings is 1. The van der Waals surface area contributed by atoms with Crippen LogP contribution in [-0.2, 0) is 21.6 Å². The fourth-order valence-electron chi connectivity index (χ4n) is 3.70. The maximum Gasteiger partial charge on any atom is 0.329 e. The number of ether oxygens (including phenoxy) is 1. The van der Waals surface area contributed by atoms with Gasteiger partial charge in [-0.1, -0.05) is 58.0 Å². The number of carbonyl (C=O) groups is 2. The van der Waals surface area contributed by atoms with Gasteiger partial charge in [-0.05, 0) is 37.0 Å². The predicted molar refractivity (Wildman–Crippen MR) is 112 cm³/mol. The minimum absolute atomic E-state index is 0.0389. The van der Waals surface area contributed by atoms with Gasteiger partial charge in [-0.3, -0.25) is 9.78 Å². The summed E-state index contributed by atoms with van der Waals surface area (Å²) in [5.74, 6) is -0.267. The highest BCUT2D eigenvalue weighted by molar-refractivity contribution is 5.97. The topological polar surface area (TPSA) is 59.5 Å². The van der Waals surface area contributed by atoms with Crippen LogP contribution in [-0.4, -0.2) is 33.8 Å². The molecule has 0 radical (unpaired) electrons. The molecule has 154 valence electrons. The second kappa shape index (κ2) is 8.36. The number of esters is 1. The van der Waals surface area contributed by atoms with Crippen LogP contribution in [0.3, 0.4) is 0 Å². The second-order valence-electron chi connectivity index (χ2n) is 8.95. The molecule has 0 spiro atoms. The van der Waals surface area contributed by atoms with Gasteiger partial charge in [-0.2, -0.15) is 0 Å². The van der Waals surface area contributed by atoms with E-state index in [1.165, 1.54) is 0 Å². The third kappa shape index (κ3) is 4.66. The van der Waals surface area contributed by atoms with Gasteiger partial charge >= 0.3 is 5.97 Å². The molecule has 1 aliphatic rings. The number of nitrogens with zero attached hydrogens (tertiary/aromatic N) is 2. The highest BCUT2D eigenvalue weighted by atomic mass is 16.5. The van der Waals surface area contributed by atoms with Crippen molar-refractivity contribution in [3.05, 3.63) is 65.5 Å². The van der Waals surface area contributed by atoms with Gasteiger partial charge in [0.2, 0.25) is 0 Å². The third-order valence-electron chi connectivity index (χ3n) is 5.70. The Kier molecular flexibility index (Phi) is 6.06. The second-order valence-corrected chi connectivity index (χ2v) is 8.95. The van der Waals surface area contributed by atoms with Crippen LogP contribution >= 0.6 is 0 Å². The van der Waals surface area contributed by atoms with Gasteiger partial charge < -0.3 is 9.64 Å². The van der Waals surface area contributed by atoms with E-state index in [0.29, 0.717) is 12.0 Å². The summed E-state index contributed by atoms with van der Waals surface area (Å²) >= 11 is 0. The molecule has 5 nitrogen and oxygen atoms in total. The minimum Gasteiger partial charge on any atom is -0.459 e. The number of carbonyl (C=O) groups excluding carboxylic acids is 2. The first-order chi connectivity index (χ1) is 13.7. The molecule has 1 aromatic heterocycles. The summed E-state index contributed by atoms with van der Waals surface area (Å²) in [5.41, 5.74) is 2.19. The molecule has 0 aliphatic carbocycles. The summed E-state index contributed by atoms with van der Waals surface area (Å²) in [5, 5.41) is 0. The van der Waals surface area contributed by atoms with Crippen LogP contribution in [0, 0.1) is 5.92 Å². The van der Waals surface area contributed by atoms with E-state index in [1.54, 1.807) is 17.2 Å². The van der Waals surface area contributed by atoms with Crippen molar-refractivity contribution in [1.29, 1.82) is 0 Å². The average molecular weight is 395 g/mol. The van der Waals surface area contributed by atoms with Gasteiger partial charge in [0.25, 0.3) is 5.91 Å². The zero-order valence-electron chi connectivity index (χ0n) is 17.9. The number of amides is 1. The third-order valence-corrected chi connectivity index (χ3v) is 5.70. The van der Waals surface area contributed by atoms with E-state index in [1.807, 2.05) is 43.3 Å². The fourth-order valence-corrected chi connectivity index (χ4v) is 3.70. The van der Waals surface area contributed by atoms with Crippen LogP contribution in [0.2, 0.25) is 0 Å². The summed E-state index contributed by atoms with van der Waals surface area (Å²) in [6, 6.07) is 12.5. The Morgan fingerprint density at radius 2 is 1.83 bits per heavy atom. The van der Waals surface area contributed by atoms with Crippen molar-refractivity contribution in [2.45, 2.75) is 65.1 Å². The molecule has 3 atom stereocenters. The van der Waals surface area contributed by atoms with E-state index in [-0.39, 0.29) is 35.9 Å². The Balaban J connectivity index is 1.80. The maximum absolute atomic E-state index is 13.4. The number of benzene rings is 1. The standard InChI is InChI=1S/C24H30N2O3/c1-16-13-20(23(28)29-15-18-9-7-6-8-10-18)26(17(16)2)22(27)19-11-12-25-21(14-19)24(3,4)5/h6-12,14,16-17,20H,13,15H2,1-5H3/t16-,17-,20-/m1/s1. The molecule has 1 amide bonds. The molecule has 1 aromatic carbocycles. The van der Waals surface area contributed by atoms with Gasteiger partial charge in [-0.15, -0.1) is 0 Å². The number of rotatable bonds is 4. The van der Waals surface area contributed by atoms with Crippen LogP contribution in [0.1, 0.15) is 62.7 Å². The lowest BCUT2D eigenvalue weighted by Gasteiger charge is -2.28. The molecule has 0 unspecified atom stereocenters. The van der Waals surface area contributed by atoms with Crippen LogP contribution in [0.5, 0.6) is 0 Å². The molecule has 1 saturated heterocycles. The van der Waals surface area contributed by atoms with Crippen molar-refractivity contribution in [1.82, 2.24) is 9.88 Å². The largest absolute Gasteiger partial charge is 0.459 e. The van der Waals surface area contributed by atoms with Crippen LogP contribution in [0.25, 0.3) is 0 Å². The number of aromatic nitrogens is 1. The predicted octanol–water partition coefficient (Wildman–Crippen LogP) is 4.36. The molecule has 3 rings (SSSR count). The van der Waals surface area contributed by atoms with Gasteiger partial charge in [0.1, 0.15) is 12.6 Å². The highest BCUT2D eigenvalue weighted by Crippen LogP contribution is 2.32. The van der Waals surface area contributed by atoms with E-state index in [4.69, 9.17) is 4.74 Å². The molecule has 2 heterocycles. The number of hydrogen-bond acceptors (Lipinski definition) is 4. The zero-order valence-corrected chi connectivity index (χ0v) is 17.9. The van der Waals surface area contributed by atoms with E-state index in [9.17, 15) is 9.59 Å².